The standard InChI is InChI=1S/C70H70N4O/c1-46(2)58-29-21-30-59(47(3)4)67(58)48-32-35-63-65(38-48)72(54-27-20-26-52(39-54)69(8,9)49-22-14-12-15-23-49)45-73(63)55-40-53(70(10,11)50-24-16-13-17-25-50)41-57(43-55)75-56-33-34-61-60-28-18-19-31-62(60)74(64(61)44-56)66-42-51(36-37-71-66)68(5,6)7/h12-44,46-47H,45H2,1-11H3. The van der Waals surface area contributed by atoms with E-state index in [4.69, 9.17) is 9.72 Å². The molecule has 0 amide bonds. The van der Waals surface area contributed by atoms with Gasteiger partial charge in [-0.3, -0.25) is 4.57 Å². The number of aromatic nitrogens is 2. The fourth-order valence-corrected chi connectivity index (χ4v) is 11.4. The zero-order chi connectivity index (χ0) is 52.4. The molecule has 0 N–H and O–H groups in total. The Morgan fingerprint density at radius 2 is 1.04 bits per heavy atom. The van der Waals surface area contributed by atoms with Gasteiger partial charge in [0.2, 0.25) is 0 Å². The second kappa shape index (κ2) is 19.1. The number of fused-ring (bicyclic) bond motifs is 4. The molecule has 1 aliphatic rings. The number of para-hydroxylation sites is 1. The summed E-state index contributed by atoms with van der Waals surface area (Å²) in [6.45, 7) is 25.9. The molecule has 0 atom stereocenters. The highest BCUT2D eigenvalue weighted by Crippen LogP contribution is 2.50. The number of hydrogen-bond donors (Lipinski definition) is 0. The molecule has 0 spiro atoms. The highest BCUT2D eigenvalue weighted by Gasteiger charge is 2.33. The number of ether oxygens (including phenoxy) is 1. The van der Waals surface area contributed by atoms with E-state index < -0.39 is 0 Å². The maximum Gasteiger partial charge on any atom is 0.137 e. The summed E-state index contributed by atoms with van der Waals surface area (Å²) in [5.41, 5.74) is 17.6. The van der Waals surface area contributed by atoms with E-state index in [0.717, 1.165) is 56.4 Å². The number of pyridine rings is 1. The van der Waals surface area contributed by atoms with Crippen molar-refractivity contribution in [1.82, 2.24) is 9.55 Å². The van der Waals surface area contributed by atoms with Gasteiger partial charge < -0.3 is 14.5 Å². The molecular formula is C70H70N4O. The molecule has 0 radical (unpaired) electrons. The van der Waals surface area contributed by atoms with Crippen molar-refractivity contribution in [1.29, 1.82) is 0 Å². The van der Waals surface area contributed by atoms with Gasteiger partial charge in [-0.2, -0.15) is 0 Å². The lowest BCUT2D eigenvalue weighted by Gasteiger charge is -2.30. The van der Waals surface area contributed by atoms with Gasteiger partial charge in [0.15, 0.2) is 0 Å². The van der Waals surface area contributed by atoms with Gasteiger partial charge >= 0.3 is 0 Å². The highest BCUT2D eigenvalue weighted by molar-refractivity contribution is 6.09. The molecule has 75 heavy (non-hydrogen) atoms. The van der Waals surface area contributed by atoms with Crippen LogP contribution in [0, 0.1) is 0 Å². The number of rotatable bonds is 12. The Morgan fingerprint density at radius 1 is 0.440 bits per heavy atom. The highest BCUT2D eigenvalue weighted by atomic mass is 16.5. The number of hydrogen-bond acceptors (Lipinski definition) is 4. The van der Waals surface area contributed by atoms with Crippen LogP contribution in [0.2, 0.25) is 0 Å². The van der Waals surface area contributed by atoms with Crippen molar-refractivity contribution in [3.05, 3.63) is 239 Å². The third-order valence-electron chi connectivity index (χ3n) is 16.0. The van der Waals surface area contributed by atoms with Crippen LogP contribution in [-0.2, 0) is 16.2 Å². The van der Waals surface area contributed by atoms with Crippen molar-refractivity contribution in [2.24, 2.45) is 0 Å². The quantitative estimate of drug-likeness (QED) is 0.122. The summed E-state index contributed by atoms with van der Waals surface area (Å²) in [5, 5.41) is 2.33. The van der Waals surface area contributed by atoms with Crippen molar-refractivity contribution in [2.45, 2.75) is 104 Å². The van der Waals surface area contributed by atoms with Crippen LogP contribution in [0.4, 0.5) is 22.7 Å². The second-order valence-electron chi connectivity index (χ2n) is 23.4. The summed E-state index contributed by atoms with van der Waals surface area (Å²) in [5.74, 6) is 3.16. The predicted octanol–water partition coefficient (Wildman–Crippen LogP) is 19.1. The number of benzene rings is 8. The van der Waals surface area contributed by atoms with Crippen molar-refractivity contribution in [3.8, 4) is 28.4 Å². The molecule has 0 bridgehead atoms. The minimum atomic E-state index is -0.354. The Hall–Kier alpha value is -7.89. The molecule has 8 aromatic carbocycles. The molecule has 0 saturated heterocycles. The van der Waals surface area contributed by atoms with Gasteiger partial charge in [-0.15, -0.1) is 0 Å². The zero-order valence-electron chi connectivity index (χ0n) is 45.6. The molecule has 3 heterocycles. The second-order valence-corrected chi connectivity index (χ2v) is 23.4. The van der Waals surface area contributed by atoms with Crippen LogP contribution in [0.25, 0.3) is 38.8 Å². The van der Waals surface area contributed by atoms with Crippen LogP contribution in [-0.4, -0.2) is 16.2 Å². The van der Waals surface area contributed by atoms with Crippen LogP contribution in [0.3, 0.4) is 0 Å². The van der Waals surface area contributed by atoms with E-state index in [1.807, 2.05) is 6.20 Å². The van der Waals surface area contributed by atoms with Gasteiger partial charge in [0.25, 0.3) is 0 Å². The van der Waals surface area contributed by atoms with E-state index in [0.29, 0.717) is 18.5 Å². The topological polar surface area (TPSA) is 33.5 Å². The third kappa shape index (κ3) is 9.07. The van der Waals surface area contributed by atoms with E-state index in [2.05, 4.69) is 285 Å². The van der Waals surface area contributed by atoms with E-state index in [-0.39, 0.29) is 16.2 Å². The predicted molar refractivity (Wildman–Crippen MR) is 317 cm³/mol. The molecular weight excluding hydrogens is 913 g/mol. The minimum absolute atomic E-state index is 0.0318. The van der Waals surface area contributed by atoms with Gasteiger partial charge in [-0.25, -0.2) is 4.98 Å². The lowest BCUT2D eigenvalue weighted by atomic mass is 9.78. The molecule has 0 aliphatic carbocycles. The van der Waals surface area contributed by atoms with E-state index >= 15 is 0 Å². The Labute approximate surface area is 445 Å². The Balaban J connectivity index is 1.08. The fourth-order valence-electron chi connectivity index (χ4n) is 11.4. The molecule has 0 saturated carbocycles. The molecule has 0 unspecified atom stereocenters. The van der Waals surface area contributed by atoms with Gasteiger partial charge in [0, 0.05) is 51.3 Å². The average molecular weight is 983 g/mol. The van der Waals surface area contributed by atoms with Crippen molar-refractivity contribution in [2.75, 3.05) is 16.5 Å². The zero-order valence-corrected chi connectivity index (χ0v) is 45.6. The average Bonchev–Trinajstić information content (AvgIpc) is 4.00. The van der Waals surface area contributed by atoms with Crippen LogP contribution in [0.5, 0.6) is 11.5 Å². The molecule has 5 nitrogen and oxygen atoms in total. The maximum atomic E-state index is 7.19. The normalized spacial score (nSPS) is 13.1. The summed E-state index contributed by atoms with van der Waals surface area (Å²) in [4.78, 5) is 9.97. The lowest BCUT2D eigenvalue weighted by molar-refractivity contribution is 0.480. The SMILES string of the molecule is CC(C)c1cccc(C(C)C)c1-c1ccc2c(c1)N(c1cccc(C(C)(C)c3ccccc3)c1)CN2c1cc(Oc2ccc3c4ccccc4n(-c4cc(C(C)(C)C)ccn4)c3c2)cc(C(C)(C)c2ccccc2)c1. The molecule has 11 rings (SSSR count). The summed E-state index contributed by atoms with van der Waals surface area (Å²) in [6, 6.07) is 71.3. The molecule has 1 aliphatic heterocycles. The smallest absolute Gasteiger partial charge is 0.137 e. The van der Waals surface area contributed by atoms with Crippen LogP contribution in [0.1, 0.15) is 127 Å². The Kier molecular flexibility index (Phi) is 12.6. The summed E-state index contributed by atoms with van der Waals surface area (Å²) in [6.07, 6.45) is 1.94. The third-order valence-corrected chi connectivity index (χ3v) is 16.0. The van der Waals surface area contributed by atoms with Crippen LogP contribution >= 0.6 is 0 Å². The fraction of sp³-hybridized carbons (Fsp3) is 0.243. The molecule has 10 aromatic rings. The van der Waals surface area contributed by atoms with Gasteiger partial charge in [0.05, 0.1) is 22.4 Å². The molecule has 0 fully saturated rings. The van der Waals surface area contributed by atoms with Crippen molar-refractivity contribution in [3.63, 3.8) is 0 Å². The van der Waals surface area contributed by atoms with E-state index in [9.17, 15) is 0 Å². The first-order chi connectivity index (χ1) is 36.0. The number of anilines is 4. The first kappa shape index (κ1) is 49.3. The summed E-state index contributed by atoms with van der Waals surface area (Å²) in [7, 11) is 0. The Bertz CT molecular complexity index is 3700. The molecule has 376 valence electrons. The minimum Gasteiger partial charge on any atom is -0.457 e. The first-order valence-electron chi connectivity index (χ1n) is 26.8. The maximum absolute atomic E-state index is 7.19. The van der Waals surface area contributed by atoms with Crippen molar-refractivity contribution >= 4 is 44.6 Å². The van der Waals surface area contributed by atoms with Gasteiger partial charge in [-0.05, 0) is 134 Å². The van der Waals surface area contributed by atoms with Crippen LogP contribution in [0.15, 0.2) is 200 Å². The Morgan fingerprint density at radius 3 is 1.72 bits per heavy atom. The van der Waals surface area contributed by atoms with Crippen LogP contribution < -0.4 is 14.5 Å². The lowest BCUT2D eigenvalue weighted by Crippen LogP contribution is -2.26. The first-order valence-corrected chi connectivity index (χ1v) is 26.8. The molecule has 2 aromatic heterocycles. The van der Waals surface area contributed by atoms with E-state index in [1.54, 1.807) is 0 Å². The van der Waals surface area contributed by atoms with Crippen molar-refractivity contribution < 1.29 is 4.74 Å². The van der Waals surface area contributed by atoms with Gasteiger partial charge in [-0.1, -0.05) is 191 Å². The van der Waals surface area contributed by atoms with E-state index in [1.165, 1.54) is 55.6 Å². The monoisotopic (exact) mass is 983 g/mol. The summed E-state index contributed by atoms with van der Waals surface area (Å²) < 4.78 is 9.48. The van der Waals surface area contributed by atoms with Gasteiger partial charge in [0.1, 0.15) is 24.0 Å². The number of nitrogens with zero attached hydrogens (tertiary/aromatic N) is 4. The molecule has 5 heteroatoms. The largest absolute Gasteiger partial charge is 0.457 e. The summed E-state index contributed by atoms with van der Waals surface area (Å²) >= 11 is 0.